The van der Waals surface area contributed by atoms with Crippen molar-refractivity contribution in [2.45, 2.75) is 0 Å². The third kappa shape index (κ3) is 2.94. The van der Waals surface area contributed by atoms with Gasteiger partial charge in [0, 0.05) is 0 Å². The highest BCUT2D eigenvalue weighted by Gasteiger charge is 2.26. The first-order chi connectivity index (χ1) is 4.24. The highest BCUT2D eigenvalue weighted by Crippen LogP contribution is 2.11. The minimum absolute atomic E-state index is 0. The number of hydrogen-bond donors (Lipinski definition) is 4. The first-order valence-corrected chi connectivity index (χ1v) is 2.68. The molecular weight excluding hydrogens is 204 g/mol. The molecule has 0 aliphatic carbocycles. The molecule has 0 saturated carbocycles. The summed E-state index contributed by atoms with van der Waals surface area (Å²) in [5.74, 6) is 0. The summed E-state index contributed by atoms with van der Waals surface area (Å²) in [5, 5.41) is 34.0. The largest absolute Gasteiger partial charge is 0.396 e. The van der Waals surface area contributed by atoms with Crippen LogP contribution in [0.4, 0.5) is 0 Å². The second kappa shape index (κ2) is 6.06. The summed E-state index contributed by atoms with van der Waals surface area (Å²) in [6, 6.07) is 0. The van der Waals surface area contributed by atoms with Crippen molar-refractivity contribution in [2.24, 2.45) is 5.41 Å². The van der Waals surface area contributed by atoms with Crippen molar-refractivity contribution in [1.29, 1.82) is 0 Å². The lowest BCUT2D eigenvalue weighted by Gasteiger charge is -2.23. The summed E-state index contributed by atoms with van der Waals surface area (Å²) in [5.41, 5.74) is -1.11. The first-order valence-electron chi connectivity index (χ1n) is 2.68. The second-order valence-electron chi connectivity index (χ2n) is 2.13. The fourth-order valence-corrected chi connectivity index (χ4v) is 0.300. The van der Waals surface area contributed by atoms with Crippen LogP contribution in [-0.2, 0) is 0 Å². The van der Waals surface area contributed by atoms with E-state index < -0.39 is 31.8 Å². The smallest absolute Gasteiger partial charge is 0.0627 e. The minimum Gasteiger partial charge on any atom is -0.396 e. The lowest BCUT2D eigenvalue weighted by molar-refractivity contribution is -0.0328. The molecule has 0 unspecified atom stereocenters. The van der Waals surface area contributed by atoms with Gasteiger partial charge in [-0.1, -0.05) is 0 Å². The van der Waals surface area contributed by atoms with Crippen LogP contribution in [-0.4, -0.2) is 46.9 Å². The molecule has 5 heteroatoms. The molecule has 4 nitrogen and oxygen atoms in total. The maximum atomic E-state index is 8.50. The number of rotatable bonds is 4. The molecule has 0 spiro atoms. The number of halogens is 1. The van der Waals surface area contributed by atoms with Crippen LogP contribution in [0.5, 0.6) is 0 Å². The van der Waals surface area contributed by atoms with Crippen LogP contribution in [0.15, 0.2) is 0 Å². The highest BCUT2D eigenvalue weighted by atomic mass is 79.9. The van der Waals surface area contributed by atoms with E-state index in [1.165, 1.54) is 0 Å². The molecule has 0 rings (SSSR count). The van der Waals surface area contributed by atoms with Gasteiger partial charge in [-0.25, -0.2) is 0 Å². The lowest BCUT2D eigenvalue weighted by Crippen LogP contribution is -2.37. The summed E-state index contributed by atoms with van der Waals surface area (Å²) >= 11 is 0. The Hall–Kier alpha value is 0.320. The minimum atomic E-state index is -1.11. The molecule has 0 fully saturated rings. The van der Waals surface area contributed by atoms with Crippen LogP contribution in [0.2, 0.25) is 0 Å². The van der Waals surface area contributed by atoms with Crippen LogP contribution in [0.25, 0.3) is 0 Å². The van der Waals surface area contributed by atoms with Gasteiger partial charge < -0.3 is 20.4 Å². The number of hydrogen-bond acceptors (Lipinski definition) is 4. The molecule has 0 heterocycles. The Morgan fingerprint density at radius 2 is 0.900 bits per heavy atom. The quantitative estimate of drug-likeness (QED) is 0.463. The fraction of sp³-hybridized carbons (Fsp3) is 1.00. The highest BCUT2D eigenvalue weighted by molar-refractivity contribution is 8.93. The van der Waals surface area contributed by atoms with Crippen molar-refractivity contribution in [3.05, 3.63) is 0 Å². The van der Waals surface area contributed by atoms with Crippen molar-refractivity contribution >= 4 is 17.0 Å². The van der Waals surface area contributed by atoms with Gasteiger partial charge in [0.25, 0.3) is 0 Å². The van der Waals surface area contributed by atoms with Crippen LogP contribution in [0.3, 0.4) is 0 Å². The van der Waals surface area contributed by atoms with Gasteiger partial charge in [0.05, 0.1) is 31.8 Å². The maximum absolute atomic E-state index is 8.50. The second-order valence-corrected chi connectivity index (χ2v) is 2.13. The standard InChI is InChI=1S/C5H12O4.BrH/c6-1-5(2-7,3-8)4-9;/h6-9H,1-4H2;1H. The Morgan fingerprint density at radius 1 is 0.700 bits per heavy atom. The Bertz CT molecular complexity index is 56.5. The van der Waals surface area contributed by atoms with Gasteiger partial charge in [0.2, 0.25) is 0 Å². The Morgan fingerprint density at radius 3 is 0.900 bits per heavy atom. The van der Waals surface area contributed by atoms with Crippen molar-refractivity contribution < 1.29 is 20.4 Å². The van der Waals surface area contributed by atoms with Crippen molar-refractivity contribution in [3.63, 3.8) is 0 Å². The van der Waals surface area contributed by atoms with E-state index in [1.807, 2.05) is 0 Å². The molecule has 0 aromatic rings. The number of aliphatic hydroxyl groups excluding tert-OH is 4. The zero-order chi connectivity index (χ0) is 7.33. The summed E-state index contributed by atoms with van der Waals surface area (Å²) in [6.07, 6.45) is 0. The zero-order valence-corrected chi connectivity index (χ0v) is 7.24. The third-order valence-corrected chi connectivity index (χ3v) is 1.34. The SMILES string of the molecule is Br.OCC(CO)(CO)CO. The average molecular weight is 217 g/mol. The third-order valence-electron chi connectivity index (χ3n) is 1.34. The molecule has 0 aliphatic heterocycles. The number of aliphatic hydroxyl groups is 4. The predicted molar refractivity (Wildman–Crippen MR) is 41.1 cm³/mol. The molecule has 4 N–H and O–H groups in total. The van der Waals surface area contributed by atoms with Crippen molar-refractivity contribution in [2.75, 3.05) is 26.4 Å². The Balaban J connectivity index is 0. The summed E-state index contributed by atoms with van der Waals surface area (Å²) in [6.45, 7) is -1.62. The normalized spacial score (nSPS) is 10.8. The van der Waals surface area contributed by atoms with E-state index in [2.05, 4.69) is 0 Å². The molecule has 0 aliphatic rings. The summed E-state index contributed by atoms with van der Waals surface area (Å²) in [4.78, 5) is 0. The molecule has 0 saturated heterocycles. The van der Waals surface area contributed by atoms with E-state index in [1.54, 1.807) is 0 Å². The van der Waals surface area contributed by atoms with Gasteiger partial charge in [-0.05, 0) is 0 Å². The molecule has 0 atom stereocenters. The molecule has 10 heavy (non-hydrogen) atoms. The van der Waals surface area contributed by atoms with Crippen LogP contribution in [0, 0.1) is 5.41 Å². The molecular formula is C5H13BrO4. The van der Waals surface area contributed by atoms with E-state index >= 15 is 0 Å². The Kier molecular flexibility index (Phi) is 7.84. The van der Waals surface area contributed by atoms with Gasteiger partial charge in [-0.2, -0.15) is 0 Å². The van der Waals surface area contributed by atoms with Gasteiger partial charge >= 0.3 is 0 Å². The lowest BCUT2D eigenvalue weighted by atomic mass is 9.93. The fourth-order valence-electron chi connectivity index (χ4n) is 0.300. The van der Waals surface area contributed by atoms with E-state index in [9.17, 15) is 0 Å². The van der Waals surface area contributed by atoms with Crippen LogP contribution >= 0.6 is 17.0 Å². The molecule has 64 valence electrons. The first kappa shape index (κ1) is 12.9. The van der Waals surface area contributed by atoms with Gasteiger partial charge in [0.1, 0.15) is 0 Å². The van der Waals surface area contributed by atoms with Crippen LogP contribution in [0.1, 0.15) is 0 Å². The van der Waals surface area contributed by atoms with Crippen molar-refractivity contribution in [3.8, 4) is 0 Å². The van der Waals surface area contributed by atoms with Gasteiger partial charge in [-0.3, -0.25) is 0 Å². The van der Waals surface area contributed by atoms with Crippen molar-refractivity contribution in [1.82, 2.24) is 0 Å². The zero-order valence-electron chi connectivity index (χ0n) is 5.53. The summed E-state index contributed by atoms with van der Waals surface area (Å²) < 4.78 is 0. The molecule has 0 radical (unpaired) electrons. The van der Waals surface area contributed by atoms with E-state index in [-0.39, 0.29) is 17.0 Å². The molecule has 0 aromatic carbocycles. The average Bonchev–Trinajstić information content (AvgIpc) is 1.95. The van der Waals surface area contributed by atoms with E-state index in [0.717, 1.165) is 0 Å². The molecule has 0 aromatic heterocycles. The predicted octanol–water partition coefficient (Wildman–Crippen LogP) is -1.48. The van der Waals surface area contributed by atoms with Gasteiger partial charge in [0.15, 0.2) is 0 Å². The molecule has 0 bridgehead atoms. The molecule has 0 amide bonds. The van der Waals surface area contributed by atoms with Gasteiger partial charge in [-0.15, -0.1) is 17.0 Å². The summed E-state index contributed by atoms with van der Waals surface area (Å²) in [7, 11) is 0. The maximum Gasteiger partial charge on any atom is 0.0627 e. The Labute approximate surface area is 69.9 Å². The monoisotopic (exact) mass is 216 g/mol. The van der Waals surface area contributed by atoms with Crippen LogP contribution < -0.4 is 0 Å². The van der Waals surface area contributed by atoms with E-state index in [4.69, 9.17) is 20.4 Å². The topological polar surface area (TPSA) is 80.9 Å². The van der Waals surface area contributed by atoms with E-state index in [0.29, 0.717) is 0 Å².